The number of methoxy groups -OCH3 is 1. The van der Waals surface area contributed by atoms with Crippen LogP contribution in [0.5, 0.6) is 0 Å². The van der Waals surface area contributed by atoms with Crippen molar-refractivity contribution in [1.29, 1.82) is 0 Å². The zero-order chi connectivity index (χ0) is 15.1. The van der Waals surface area contributed by atoms with Crippen LogP contribution >= 0.6 is 0 Å². The van der Waals surface area contributed by atoms with E-state index in [4.69, 9.17) is 9.15 Å². The third-order valence-electron chi connectivity index (χ3n) is 3.00. The molecule has 1 aromatic heterocycles. The van der Waals surface area contributed by atoms with E-state index < -0.39 is 0 Å². The average molecular weight is 288 g/mol. The van der Waals surface area contributed by atoms with Crippen molar-refractivity contribution in [3.05, 3.63) is 53.5 Å². The van der Waals surface area contributed by atoms with Gasteiger partial charge in [-0.25, -0.2) is 0 Å². The standard InChI is InChI=1S/C16H20N2O3/c1-3-17-10-12-6-4-5-7-14(12)18-16(19)15-9-8-13(21-15)11-20-2/h4-9,17H,3,10-11H2,1-2H3,(H,18,19). The molecule has 0 fully saturated rings. The molecular formula is C16H20N2O3. The Morgan fingerprint density at radius 2 is 2.05 bits per heavy atom. The monoisotopic (exact) mass is 288 g/mol. The Balaban J connectivity index is 2.07. The number of nitrogens with one attached hydrogen (secondary N) is 2. The number of carbonyl (C=O) groups excluding carboxylic acids is 1. The molecule has 0 saturated heterocycles. The van der Waals surface area contributed by atoms with Crippen molar-refractivity contribution in [3.8, 4) is 0 Å². The molecule has 1 aromatic carbocycles. The molecule has 0 aliphatic carbocycles. The zero-order valence-corrected chi connectivity index (χ0v) is 12.3. The van der Waals surface area contributed by atoms with Crippen LogP contribution in [0.3, 0.4) is 0 Å². The van der Waals surface area contributed by atoms with Crippen molar-refractivity contribution >= 4 is 11.6 Å². The lowest BCUT2D eigenvalue weighted by molar-refractivity contribution is 0.0987. The summed E-state index contributed by atoms with van der Waals surface area (Å²) in [6, 6.07) is 11.1. The third-order valence-corrected chi connectivity index (χ3v) is 3.00. The van der Waals surface area contributed by atoms with E-state index in [9.17, 15) is 4.79 Å². The maximum absolute atomic E-state index is 12.2. The van der Waals surface area contributed by atoms with Gasteiger partial charge in [0.25, 0.3) is 5.91 Å². The first-order valence-electron chi connectivity index (χ1n) is 6.92. The van der Waals surface area contributed by atoms with Gasteiger partial charge in [-0.05, 0) is 30.3 Å². The maximum atomic E-state index is 12.2. The van der Waals surface area contributed by atoms with E-state index in [1.807, 2.05) is 31.2 Å². The largest absolute Gasteiger partial charge is 0.453 e. The molecule has 2 aromatic rings. The average Bonchev–Trinajstić information content (AvgIpc) is 2.95. The third kappa shape index (κ3) is 4.18. The quantitative estimate of drug-likeness (QED) is 0.822. The molecule has 1 amide bonds. The number of anilines is 1. The summed E-state index contributed by atoms with van der Waals surface area (Å²) in [4.78, 5) is 12.2. The minimum Gasteiger partial charge on any atom is -0.453 e. The summed E-state index contributed by atoms with van der Waals surface area (Å²) in [6.07, 6.45) is 0. The van der Waals surface area contributed by atoms with Crippen LogP contribution in [-0.2, 0) is 17.9 Å². The van der Waals surface area contributed by atoms with E-state index in [0.29, 0.717) is 18.9 Å². The van der Waals surface area contributed by atoms with Crippen LogP contribution in [0.1, 0.15) is 28.8 Å². The van der Waals surface area contributed by atoms with E-state index in [-0.39, 0.29) is 11.7 Å². The molecular weight excluding hydrogens is 268 g/mol. The van der Waals surface area contributed by atoms with Crippen LogP contribution in [0, 0.1) is 0 Å². The van der Waals surface area contributed by atoms with Crippen molar-refractivity contribution in [2.75, 3.05) is 19.0 Å². The predicted molar refractivity (Wildman–Crippen MR) is 81.2 cm³/mol. The summed E-state index contributed by atoms with van der Waals surface area (Å²) in [7, 11) is 1.58. The van der Waals surface area contributed by atoms with Gasteiger partial charge in [-0.1, -0.05) is 25.1 Å². The Labute approximate surface area is 124 Å². The highest BCUT2D eigenvalue weighted by Gasteiger charge is 2.13. The van der Waals surface area contributed by atoms with E-state index in [1.165, 1.54) is 0 Å². The number of ether oxygens (including phenoxy) is 1. The molecule has 2 N–H and O–H groups in total. The lowest BCUT2D eigenvalue weighted by Gasteiger charge is -2.10. The van der Waals surface area contributed by atoms with Crippen molar-refractivity contribution in [1.82, 2.24) is 5.32 Å². The molecule has 21 heavy (non-hydrogen) atoms. The van der Waals surface area contributed by atoms with Crippen LogP contribution in [0.4, 0.5) is 5.69 Å². The smallest absolute Gasteiger partial charge is 0.291 e. The number of para-hydroxylation sites is 1. The van der Waals surface area contributed by atoms with Gasteiger partial charge in [-0.15, -0.1) is 0 Å². The van der Waals surface area contributed by atoms with Gasteiger partial charge in [0.2, 0.25) is 0 Å². The Hall–Kier alpha value is -2.11. The van der Waals surface area contributed by atoms with Gasteiger partial charge in [-0.3, -0.25) is 4.79 Å². The van der Waals surface area contributed by atoms with Gasteiger partial charge < -0.3 is 19.8 Å². The molecule has 0 radical (unpaired) electrons. The first-order valence-corrected chi connectivity index (χ1v) is 6.92. The topological polar surface area (TPSA) is 63.5 Å². The minimum absolute atomic E-state index is 0.263. The number of hydrogen-bond acceptors (Lipinski definition) is 4. The summed E-state index contributed by atoms with van der Waals surface area (Å²) >= 11 is 0. The van der Waals surface area contributed by atoms with Gasteiger partial charge in [0.1, 0.15) is 12.4 Å². The van der Waals surface area contributed by atoms with E-state index in [0.717, 1.165) is 17.8 Å². The SMILES string of the molecule is CCNCc1ccccc1NC(=O)c1ccc(COC)o1. The highest BCUT2D eigenvalue weighted by atomic mass is 16.5. The maximum Gasteiger partial charge on any atom is 0.291 e. The second kappa shape index (κ2) is 7.61. The number of furan rings is 1. The summed E-state index contributed by atoms with van der Waals surface area (Å²) in [5.74, 6) is 0.644. The molecule has 0 atom stereocenters. The van der Waals surface area contributed by atoms with E-state index in [2.05, 4.69) is 10.6 Å². The molecule has 2 rings (SSSR count). The van der Waals surface area contributed by atoms with Crippen LogP contribution < -0.4 is 10.6 Å². The van der Waals surface area contributed by atoms with Crippen LogP contribution in [0.2, 0.25) is 0 Å². The van der Waals surface area contributed by atoms with Crippen LogP contribution in [0.25, 0.3) is 0 Å². The number of rotatable bonds is 7. The summed E-state index contributed by atoms with van der Waals surface area (Å²) in [6.45, 7) is 3.98. The minimum atomic E-state index is -0.263. The van der Waals surface area contributed by atoms with Crippen molar-refractivity contribution in [3.63, 3.8) is 0 Å². The van der Waals surface area contributed by atoms with Gasteiger partial charge in [-0.2, -0.15) is 0 Å². The first kappa shape index (κ1) is 15.3. The lowest BCUT2D eigenvalue weighted by Crippen LogP contribution is -2.16. The van der Waals surface area contributed by atoms with Gasteiger partial charge >= 0.3 is 0 Å². The molecule has 0 spiro atoms. The van der Waals surface area contributed by atoms with Crippen molar-refractivity contribution in [2.45, 2.75) is 20.1 Å². The second-order valence-corrected chi connectivity index (χ2v) is 4.59. The number of hydrogen-bond donors (Lipinski definition) is 2. The van der Waals surface area contributed by atoms with Gasteiger partial charge in [0.05, 0.1) is 0 Å². The fourth-order valence-electron chi connectivity index (χ4n) is 1.96. The van der Waals surface area contributed by atoms with Gasteiger partial charge in [0, 0.05) is 19.3 Å². The Morgan fingerprint density at radius 1 is 1.24 bits per heavy atom. The Kier molecular flexibility index (Phi) is 5.54. The Bertz CT molecular complexity index is 593. The van der Waals surface area contributed by atoms with Crippen LogP contribution in [-0.4, -0.2) is 19.6 Å². The second-order valence-electron chi connectivity index (χ2n) is 4.59. The number of carbonyl (C=O) groups is 1. The zero-order valence-electron chi connectivity index (χ0n) is 12.3. The summed E-state index contributed by atoms with van der Waals surface area (Å²) in [5.41, 5.74) is 1.82. The van der Waals surface area contributed by atoms with Crippen molar-refractivity contribution < 1.29 is 13.9 Å². The lowest BCUT2D eigenvalue weighted by atomic mass is 10.1. The fraction of sp³-hybridized carbons (Fsp3) is 0.312. The number of amides is 1. The van der Waals surface area contributed by atoms with Crippen LogP contribution in [0.15, 0.2) is 40.8 Å². The normalized spacial score (nSPS) is 10.6. The Morgan fingerprint density at radius 3 is 2.81 bits per heavy atom. The molecule has 5 nitrogen and oxygen atoms in total. The highest BCUT2D eigenvalue weighted by Crippen LogP contribution is 2.17. The van der Waals surface area contributed by atoms with Crippen molar-refractivity contribution in [2.24, 2.45) is 0 Å². The number of benzene rings is 1. The highest BCUT2D eigenvalue weighted by molar-refractivity contribution is 6.02. The fourth-order valence-corrected chi connectivity index (χ4v) is 1.96. The molecule has 0 aliphatic rings. The molecule has 0 bridgehead atoms. The predicted octanol–water partition coefficient (Wildman–Crippen LogP) is 2.79. The summed E-state index contributed by atoms with van der Waals surface area (Å²) in [5, 5.41) is 6.13. The first-order chi connectivity index (χ1) is 10.2. The summed E-state index contributed by atoms with van der Waals surface area (Å²) < 4.78 is 10.4. The molecule has 5 heteroatoms. The molecule has 1 heterocycles. The molecule has 112 valence electrons. The van der Waals surface area contributed by atoms with E-state index in [1.54, 1.807) is 19.2 Å². The molecule has 0 saturated carbocycles. The van der Waals surface area contributed by atoms with Gasteiger partial charge in [0.15, 0.2) is 5.76 Å². The molecule has 0 unspecified atom stereocenters. The molecule has 0 aliphatic heterocycles. The van der Waals surface area contributed by atoms with E-state index >= 15 is 0 Å².